The molecule has 0 aromatic heterocycles. The highest BCUT2D eigenvalue weighted by Crippen LogP contribution is 2.25. The Morgan fingerprint density at radius 2 is 2.04 bits per heavy atom. The van der Waals surface area contributed by atoms with Gasteiger partial charge in [-0.25, -0.2) is 4.79 Å². The fraction of sp³-hybridized carbons (Fsp3) is 0.158. The average molecular weight is 400 g/mol. The number of nitro groups is 1. The van der Waals surface area contributed by atoms with Gasteiger partial charge in [-0.3, -0.25) is 19.8 Å². The molecule has 0 spiro atoms. The van der Waals surface area contributed by atoms with Crippen molar-refractivity contribution in [1.29, 1.82) is 0 Å². The minimum absolute atomic E-state index is 0.0352. The highest BCUT2D eigenvalue weighted by atomic mass is 35.5. The summed E-state index contributed by atoms with van der Waals surface area (Å²) in [5.41, 5.74) is 1.24. The molecule has 1 fully saturated rings. The molecular formula is C19H14ClN3O5. The second kappa shape index (κ2) is 8.41. The molecule has 0 atom stereocenters. The van der Waals surface area contributed by atoms with E-state index in [-0.39, 0.29) is 28.9 Å². The molecule has 3 rings (SSSR count). The summed E-state index contributed by atoms with van der Waals surface area (Å²) >= 11 is 5.73. The molecule has 8 nitrogen and oxygen atoms in total. The molecule has 28 heavy (non-hydrogen) atoms. The third-order valence-electron chi connectivity index (χ3n) is 3.91. The molecule has 1 saturated heterocycles. The number of ether oxygens (including phenoxy) is 1. The Labute approximate surface area is 165 Å². The largest absolute Gasteiger partial charge is 0.447 e. The van der Waals surface area contributed by atoms with E-state index in [4.69, 9.17) is 16.3 Å². The summed E-state index contributed by atoms with van der Waals surface area (Å²) in [6.45, 7) is 0.949. The van der Waals surface area contributed by atoms with Gasteiger partial charge in [0.1, 0.15) is 11.6 Å². The van der Waals surface area contributed by atoms with Crippen LogP contribution in [0.1, 0.15) is 15.9 Å². The summed E-state index contributed by atoms with van der Waals surface area (Å²) in [7, 11) is 0. The first kappa shape index (κ1) is 19.2. The number of amides is 2. The Hall–Kier alpha value is -3.57. The normalized spacial score (nSPS) is 12.8. The Morgan fingerprint density at radius 3 is 2.68 bits per heavy atom. The van der Waals surface area contributed by atoms with Gasteiger partial charge in [-0.1, -0.05) is 23.4 Å². The van der Waals surface area contributed by atoms with Crippen molar-refractivity contribution < 1.29 is 19.2 Å². The fourth-order valence-electron chi connectivity index (χ4n) is 2.52. The van der Waals surface area contributed by atoms with Crippen LogP contribution in [0.3, 0.4) is 0 Å². The number of rotatable bonds is 4. The zero-order valence-electron chi connectivity index (χ0n) is 14.5. The highest BCUT2D eigenvalue weighted by molar-refractivity contribution is 6.32. The van der Waals surface area contributed by atoms with Gasteiger partial charge in [0.05, 0.1) is 18.0 Å². The van der Waals surface area contributed by atoms with Crippen LogP contribution in [0.4, 0.5) is 16.2 Å². The van der Waals surface area contributed by atoms with Crippen molar-refractivity contribution in [2.45, 2.75) is 0 Å². The fourth-order valence-corrected chi connectivity index (χ4v) is 2.71. The lowest BCUT2D eigenvalue weighted by Gasteiger charge is -2.11. The minimum Gasteiger partial charge on any atom is -0.447 e. The summed E-state index contributed by atoms with van der Waals surface area (Å²) in [5.74, 6) is 5.20. The molecule has 2 amide bonds. The van der Waals surface area contributed by atoms with Crippen molar-refractivity contribution in [3.63, 3.8) is 0 Å². The number of nitrogens with zero attached hydrogens (tertiary/aromatic N) is 2. The molecule has 1 aliphatic heterocycles. The van der Waals surface area contributed by atoms with Crippen molar-refractivity contribution in [3.8, 4) is 11.8 Å². The van der Waals surface area contributed by atoms with Gasteiger partial charge in [0.2, 0.25) is 0 Å². The number of benzene rings is 2. The molecular weight excluding hydrogens is 386 g/mol. The van der Waals surface area contributed by atoms with E-state index in [9.17, 15) is 19.7 Å². The van der Waals surface area contributed by atoms with Crippen LogP contribution in [0.15, 0.2) is 42.5 Å². The molecule has 1 N–H and O–H groups in total. The SMILES string of the molecule is O=C(NCC#Cc1ccc(N2CCOC2=O)cc1)c1ccc(Cl)c([N+](=O)[O-])c1. The topological polar surface area (TPSA) is 102 Å². The van der Waals surface area contributed by atoms with Gasteiger partial charge in [0.15, 0.2) is 0 Å². The summed E-state index contributed by atoms with van der Waals surface area (Å²) in [4.78, 5) is 35.4. The van der Waals surface area contributed by atoms with Crippen LogP contribution in [-0.2, 0) is 4.74 Å². The third kappa shape index (κ3) is 4.39. The van der Waals surface area contributed by atoms with Gasteiger partial charge in [0.25, 0.3) is 11.6 Å². The van der Waals surface area contributed by atoms with Gasteiger partial charge in [0, 0.05) is 22.9 Å². The lowest BCUT2D eigenvalue weighted by Crippen LogP contribution is -2.23. The van der Waals surface area contributed by atoms with Crippen LogP contribution in [0.5, 0.6) is 0 Å². The molecule has 1 heterocycles. The highest BCUT2D eigenvalue weighted by Gasteiger charge is 2.23. The van der Waals surface area contributed by atoms with Gasteiger partial charge in [-0.2, -0.15) is 0 Å². The molecule has 0 unspecified atom stereocenters. The first-order valence-corrected chi connectivity index (χ1v) is 8.59. The van der Waals surface area contributed by atoms with E-state index < -0.39 is 10.8 Å². The van der Waals surface area contributed by atoms with Crippen molar-refractivity contribution in [3.05, 3.63) is 68.7 Å². The number of carbonyl (C=O) groups excluding carboxylic acids is 2. The number of cyclic esters (lactones) is 1. The summed E-state index contributed by atoms with van der Waals surface area (Å²) in [5, 5.41) is 13.4. The molecule has 2 aromatic carbocycles. The van der Waals surface area contributed by atoms with Gasteiger partial charge in [-0.05, 0) is 36.4 Å². The van der Waals surface area contributed by atoms with E-state index >= 15 is 0 Å². The zero-order valence-corrected chi connectivity index (χ0v) is 15.2. The van der Waals surface area contributed by atoms with Crippen molar-refractivity contribution in [1.82, 2.24) is 5.32 Å². The Balaban J connectivity index is 1.58. The van der Waals surface area contributed by atoms with Crippen LogP contribution >= 0.6 is 11.6 Å². The van der Waals surface area contributed by atoms with Gasteiger partial charge < -0.3 is 10.1 Å². The Morgan fingerprint density at radius 1 is 1.29 bits per heavy atom. The Kier molecular flexibility index (Phi) is 5.77. The van der Waals surface area contributed by atoms with Gasteiger partial charge in [-0.15, -0.1) is 0 Å². The maximum atomic E-state index is 12.1. The van der Waals surface area contributed by atoms with E-state index in [1.807, 2.05) is 0 Å². The minimum atomic E-state index is -0.648. The molecule has 2 aromatic rings. The monoisotopic (exact) mass is 399 g/mol. The van der Waals surface area contributed by atoms with E-state index in [0.29, 0.717) is 18.7 Å². The summed E-state index contributed by atoms with van der Waals surface area (Å²) in [6, 6.07) is 10.9. The predicted molar refractivity (Wildman–Crippen MR) is 102 cm³/mol. The quantitative estimate of drug-likeness (QED) is 0.483. The number of carbonyl (C=O) groups is 2. The molecule has 9 heteroatoms. The predicted octanol–water partition coefficient (Wildman–Crippen LogP) is 2.99. The van der Waals surface area contributed by atoms with Crippen LogP contribution in [0, 0.1) is 22.0 Å². The van der Waals surface area contributed by atoms with E-state index in [2.05, 4.69) is 17.2 Å². The van der Waals surface area contributed by atoms with Crippen LogP contribution in [0.25, 0.3) is 0 Å². The molecule has 0 aliphatic carbocycles. The molecule has 142 valence electrons. The van der Waals surface area contributed by atoms with Crippen molar-refractivity contribution in [2.75, 3.05) is 24.6 Å². The third-order valence-corrected chi connectivity index (χ3v) is 4.23. The van der Waals surface area contributed by atoms with E-state index in [1.54, 1.807) is 24.3 Å². The van der Waals surface area contributed by atoms with Crippen LogP contribution in [-0.4, -0.2) is 36.6 Å². The summed E-state index contributed by atoms with van der Waals surface area (Å²) < 4.78 is 4.89. The lowest BCUT2D eigenvalue weighted by molar-refractivity contribution is -0.384. The maximum Gasteiger partial charge on any atom is 0.414 e. The second-order valence-electron chi connectivity index (χ2n) is 5.72. The number of anilines is 1. The van der Waals surface area contributed by atoms with Gasteiger partial charge >= 0.3 is 6.09 Å². The second-order valence-corrected chi connectivity index (χ2v) is 6.13. The zero-order chi connectivity index (χ0) is 20.1. The number of hydrogen-bond donors (Lipinski definition) is 1. The van der Waals surface area contributed by atoms with E-state index in [0.717, 1.165) is 11.8 Å². The lowest BCUT2D eigenvalue weighted by atomic mass is 10.2. The van der Waals surface area contributed by atoms with Crippen LogP contribution in [0.2, 0.25) is 5.02 Å². The number of nitrogens with one attached hydrogen (secondary N) is 1. The standard InChI is InChI=1S/C19H14ClN3O5/c20-16-8-5-14(12-17(16)23(26)27)18(24)21-9-1-2-13-3-6-15(7-4-13)22-10-11-28-19(22)25/h3-8,12H,9-11H2,(H,21,24). The maximum absolute atomic E-state index is 12.1. The molecule has 0 radical (unpaired) electrons. The van der Waals surface area contributed by atoms with Crippen molar-refractivity contribution >= 4 is 35.0 Å². The average Bonchev–Trinajstić information content (AvgIpc) is 3.11. The number of halogens is 1. The molecule has 0 saturated carbocycles. The van der Waals surface area contributed by atoms with Crippen LogP contribution < -0.4 is 10.2 Å². The first-order chi connectivity index (χ1) is 13.5. The molecule has 0 bridgehead atoms. The molecule has 1 aliphatic rings. The number of nitro benzene ring substituents is 1. The Bertz CT molecular complexity index is 995. The first-order valence-electron chi connectivity index (χ1n) is 8.21. The number of hydrogen-bond acceptors (Lipinski definition) is 5. The smallest absolute Gasteiger partial charge is 0.414 e. The van der Waals surface area contributed by atoms with E-state index in [1.165, 1.54) is 17.0 Å². The van der Waals surface area contributed by atoms with Crippen molar-refractivity contribution in [2.24, 2.45) is 0 Å². The summed E-state index contributed by atoms with van der Waals surface area (Å²) in [6.07, 6.45) is -0.371.